The van der Waals surface area contributed by atoms with Crippen molar-refractivity contribution in [1.82, 2.24) is 0 Å². The van der Waals surface area contributed by atoms with Crippen LogP contribution in [-0.4, -0.2) is 18.6 Å². The third-order valence-electron chi connectivity index (χ3n) is 2.97. The van der Waals surface area contributed by atoms with Gasteiger partial charge in [-0.05, 0) is 37.1 Å². The highest BCUT2D eigenvalue weighted by molar-refractivity contribution is 7.80. The molecule has 0 amide bonds. The second-order valence-electron chi connectivity index (χ2n) is 4.17. The highest BCUT2D eigenvalue weighted by atomic mass is 32.1. The number of benzene rings is 1. The quantitative estimate of drug-likeness (QED) is 0.677. The number of nitrogens with one attached hydrogen (secondary N) is 1. The van der Waals surface area contributed by atoms with Gasteiger partial charge in [0.05, 0.1) is 16.4 Å². The minimum absolute atomic E-state index is 0.929. The molecule has 1 heterocycles. The first kappa shape index (κ1) is 10.4. The van der Waals surface area contributed by atoms with E-state index in [9.17, 15) is 0 Å². The van der Waals surface area contributed by atoms with Crippen molar-refractivity contribution in [3.63, 3.8) is 0 Å². The van der Waals surface area contributed by atoms with Gasteiger partial charge in [-0.25, -0.2) is 0 Å². The third kappa shape index (κ3) is 1.97. The average Bonchev–Trinajstić information content (AvgIpc) is 2.30. The van der Waals surface area contributed by atoms with Gasteiger partial charge in [0.1, 0.15) is 0 Å². The summed E-state index contributed by atoms with van der Waals surface area (Å²) in [5.74, 6) is 0. The predicted octanol–water partition coefficient (Wildman–Crippen LogP) is 2.88. The normalized spacial score (nSPS) is 15.7. The van der Waals surface area contributed by atoms with E-state index in [-0.39, 0.29) is 0 Å². The van der Waals surface area contributed by atoms with Crippen LogP contribution < -0.4 is 10.2 Å². The molecule has 1 aromatic carbocycles. The zero-order chi connectivity index (χ0) is 11.0. The van der Waals surface area contributed by atoms with E-state index in [4.69, 9.17) is 12.2 Å². The molecule has 3 heteroatoms. The van der Waals surface area contributed by atoms with Gasteiger partial charge in [-0.1, -0.05) is 12.2 Å². The lowest BCUT2D eigenvalue weighted by atomic mass is 10.1. The van der Waals surface area contributed by atoms with Crippen molar-refractivity contribution in [2.75, 3.05) is 23.8 Å². The number of hydrogen-bond donors (Lipinski definition) is 1. The van der Waals surface area contributed by atoms with Crippen molar-refractivity contribution in [3.05, 3.63) is 23.3 Å². The van der Waals surface area contributed by atoms with E-state index in [0.29, 0.717) is 0 Å². The number of fused-ring (bicyclic) bond motifs is 1. The van der Waals surface area contributed by atoms with E-state index in [1.165, 1.54) is 16.8 Å². The van der Waals surface area contributed by atoms with E-state index < -0.39 is 0 Å². The van der Waals surface area contributed by atoms with Crippen LogP contribution >= 0.6 is 12.2 Å². The summed E-state index contributed by atoms with van der Waals surface area (Å²) in [5.41, 5.74) is 5.02. The molecule has 1 aromatic rings. The zero-order valence-corrected chi connectivity index (χ0v) is 10.2. The zero-order valence-electron chi connectivity index (χ0n) is 9.42. The van der Waals surface area contributed by atoms with Crippen LogP contribution in [0.2, 0.25) is 0 Å². The van der Waals surface area contributed by atoms with Crippen LogP contribution in [0.5, 0.6) is 0 Å². The molecule has 1 aliphatic heterocycles. The lowest BCUT2D eigenvalue weighted by Gasteiger charge is -2.19. The fourth-order valence-electron chi connectivity index (χ4n) is 1.82. The molecule has 0 bridgehead atoms. The van der Waals surface area contributed by atoms with Crippen molar-refractivity contribution in [2.24, 2.45) is 0 Å². The Labute approximate surface area is 96.3 Å². The number of rotatable bonds is 0. The summed E-state index contributed by atoms with van der Waals surface area (Å²) in [4.78, 5) is 3.19. The Morgan fingerprint density at radius 3 is 2.67 bits per heavy atom. The monoisotopic (exact) mass is 220 g/mol. The van der Waals surface area contributed by atoms with Crippen LogP contribution in [0, 0.1) is 13.8 Å². The molecule has 0 fully saturated rings. The lowest BCUT2D eigenvalue weighted by Crippen LogP contribution is -2.18. The molecule has 0 atom stereocenters. The minimum Gasteiger partial charge on any atom is -0.372 e. The molecule has 0 radical (unpaired) electrons. The lowest BCUT2D eigenvalue weighted by molar-refractivity contribution is 0.934. The Bertz CT molecular complexity index is 412. The molecule has 0 saturated carbocycles. The molecule has 15 heavy (non-hydrogen) atoms. The highest BCUT2D eigenvalue weighted by Crippen LogP contribution is 2.30. The smallest absolute Gasteiger partial charge is 0.0815 e. The summed E-state index contributed by atoms with van der Waals surface area (Å²) >= 11 is 5.26. The maximum absolute atomic E-state index is 5.26. The SMILES string of the molecule is Cc1cc2c(cc1C)N(C)CCC(=S)N2. The standard InChI is InChI=1S/C12H16N2S/c1-8-6-10-11(7-9(8)2)14(3)5-4-12(15)13-10/h6-7H,4-5H2,1-3H3,(H,13,15). The summed E-state index contributed by atoms with van der Waals surface area (Å²) in [7, 11) is 2.11. The fraction of sp³-hybridized carbons (Fsp3) is 0.417. The van der Waals surface area contributed by atoms with Gasteiger partial charge in [0, 0.05) is 20.0 Å². The van der Waals surface area contributed by atoms with Crippen molar-refractivity contribution >= 4 is 28.6 Å². The predicted molar refractivity (Wildman–Crippen MR) is 70.0 cm³/mol. The molecule has 2 rings (SSSR count). The molecule has 2 nitrogen and oxygen atoms in total. The van der Waals surface area contributed by atoms with Crippen LogP contribution in [-0.2, 0) is 0 Å². The average molecular weight is 220 g/mol. The van der Waals surface area contributed by atoms with Crippen LogP contribution in [0.3, 0.4) is 0 Å². The molecule has 0 aliphatic carbocycles. The van der Waals surface area contributed by atoms with E-state index in [0.717, 1.165) is 23.6 Å². The minimum atomic E-state index is 0.929. The van der Waals surface area contributed by atoms with Crippen LogP contribution in [0.4, 0.5) is 11.4 Å². The summed E-state index contributed by atoms with van der Waals surface area (Å²) in [6.07, 6.45) is 0.929. The van der Waals surface area contributed by atoms with Gasteiger partial charge in [0.15, 0.2) is 0 Å². The number of hydrogen-bond acceptors (Lipinski definition) is 2. The van der Waals surface area contributed by atoms with E-state index in [2.05, 4.69) is 43.2 Å². The first-order chi connectivity index (χ1) is 7.08. The molecular formula is C12H16N2S. The Hall–Kier alpha value is -1.09. The van der Waals surface area contributed by atoms with Crippen LogP contribution in [0.15, 0.2) is 12.1 Å². The van der Waals surface area contributed by atoms with Gasteiger partial charge in [0.25, 0.3) is 0 Å². The van der Waals surface area contributed by atoms with Gasteiger partial charge in [-0.15, -0.1) is 0 Å². The Balaban J connectivity index is 2.52. The van der Waals surface area contributed by atoms with E-state index in [1.54, 1.807) is 0 Å². The van der Waals surface area contributed by atoms with Crippen LogP contribution in [0.1, 0.15) is 17.5 Å². The largest absolute Gasteiger partial charge is 0.372 e. The second kappa shape index (κ2) is 3.81. The summed E-state index contributed by atoms with van der Waals surface area (Å²) < 4.78 is 0. The molecule has 0 saturated heterocycles. The van der Waals surface area contributed by atoms with Crippen molar-refractivity contribution in [3.8, 4) is 0 Å². The molecule has 80 valence electrons. The number of aryl methyl sites for hydroxylation is 2. The molecule has 0 unspecified atom stereocenters. The molecule has 0 spiro atoms. The van der Waals surface area contributed by atoms with Crippen LogP contribution in [0.25, 0.3) is 0 Å². The topological polar surface area (TPSA) is 15.3 Å². The number of nitrogens with zero attached hydrogens (tertiary/aromatic N) is 1. The summed E-state index contributed by atoms with van der Waals surface area (Å²) in [6.45, 7) is 5.26. The van der Waals surface area contributed by atoms with Crippen molar-refractivity contribution in [2.45, 2.75) is 20.3 Å². The Morgan fingerprint density at radius 2 is 1.93 bits per heavy atom. The van der Waals surface area contributed by atoms with Crippen molar-refractivity contribution in [1.29, 1.82) is 0 Å². The first-order valence-electron chi connectivity index (χ1n) is 5.20. The van der Waals surface area contributed by atoms with Gasteiger partial charge in [0.2, 0.25) is 0 Å². The Morgan fingerprint density at radius 1 is 1.27 bits per heavy atom. The maximum Gasteiger partial charge on any atom is 0.0815 e. The van der Waals surface area contributed by atoms with Gasteiger partial charge >= 0.3 is 0 Å². The molecular weight excluding hydrogens is 204 g/mol. The first-order valence-corrected chi connectivity index (χ1v) is 5.61. The summed E-state index contributed by atoms with van der Waals surface area (Å²) in [6, 6.07) is 4.41. The number of thiocarbonyl (C=S) groups is 1. The Kier molecular flexibility index (Phi) is 2.65. The third-order valence-corrected chi connectivity index (χ3v) is 3.28. The number of anilines is 2. The fourth-order valence-corrected chi connectivity index (χ4v) is 2.02. The van der Waals surface area contributed by atoms with Gasteiger partial charge < -0.3 is 10.2 Å². The summed E-state index contributed by atoms with van der Waals surface area (Å²) in [5, 5.41) is 3.31. The maximum atomic E-state index is 5.26. The van der Waals surface area contributed by atoms with Gasteiger partial charge in [-0.3, -0.25) is 0 Å². The molecule has 0 aromatic heterocycles. The van der Waals surface area contributed by atoms with E-state index in [1.807, 2.05) is 0 Å². The van der Waals surface area contributed by atoms with E-state index >= 15 is 0 Å². The highest BCUT2D eigenvalue weighted by Gasteiger charge is 2.15. The second-order valence-corrected chi connectivity index (χ2v) is 4.67. The van der Waals surface area contributed by atoms with Crippen molar-refractivity contribution < 1.29 is 0 Å². The van der Waals surface area contributed by atoms with Gasteiger partial charge in [-0.2, -0.15) is 0 Å². The molecule has 1 aliphatic rings. The molecule has 1 N–H and O–H groups in total.